The highest BCUT2D eigenvalue weighted by Gasteiger charge is 2.31. The summed E-state index contributed by atoms with van der Waals surface area (Å²) in [6.07, 6.45) is 0. The number of hydrazine groups is 1. The standard InChI is InChI=1S/C14H13N3O3/c15-17-13(19)9-3-1-2-8-11(16-6-7-18)5-4-10(12(8)9)14(17)20/h1-5,16,18H,6-7,15H2. The molecule has 0 fully saturated rings. The molecule has 0 saturated heterocycles. The summed E-state index contributed by atoms with van der Waals surface area (Å²) in [5, 5.41) is 14.0. The highest BCUT2D eigenvalue weighted by atomic mass is 16.3. The number of hydrogen-bond donors (Lipinski definition) is 3. The normalized spacial score (nSPS) is 14.0. The first-order valence-corrected chi connectivity index (χ1v) is 6.19. The SMILES string of the molecule is NN1C(=O)c2cccc3c(NCCO)ccc(c23)C1=O. The molecule has 0 bridgehead atoms. The smallest absolute Gasteiger partial charge is 0.275 e. The van der Waals surface area contributed by atoms with Crippen LogP contribution in [0.3, 0.4) is 0 Å². The molecular formula is C14H13N3O3. The number of carbonyl (C=O) groups excluding carboxylic acids is 2. The number of imide groups is 1. The predicted octanol–water partition coefficient (Wildman–Crippen LogP) is 0.714. The Labute approximate surface area is 114 Å². The summed E-state index contributed by atoms with van der Waals surface area (Å²) in [7, 11) is 0. The number of carbonyl (C=O) groups is 2. The van der Waals surface area contributed by atoms with Gasteiger partial charge >= 0.3 is 0 Å². The van der Waals surface area contributed by atoms with Gasteiger partial charge in [0.2, 0.25) is 0 Å². The lowest BCUT2D eigenvalue weighted by atomic mass is 9.94. The third kappa shape index (κ3) is 1.66. The number of hydrogen-bond acceptors (Lipinski definition) is 5. The van der Waals surface area contributed by atoms with Crippen molar-refractivity contribution in [2.75, 3.05) is 18.5 Å². The number of nitrogens with one attached hydrogen (secondary N) is 1. The van der Waals surface area contributed by atoms with Gasteiger partial charge in [-0.2, -0.15) is 0 Å². The van der Waals surface area contributed by atoms with Crippen LogP contribution in [0.1, 0.15) is 20.7 Å². The van der Waals surface area contributed by atoms with Gasteiger partial charge in [-0.25, -0.2) is 10.9 Å². The summed E-state index contributed by atoms with van der Waals surface area (Å²) in [6.45, 7) is 0.390. The van der Waals surface area contributed by atoms with Crippen molar-refractivity contribution in [2.45, 2.75) is 0 Å². The molecular weight excluding hydrogens is 258 g/mol. The summed E-state index contributed by atoms with van der Waals surface area (Å²) in [4.78, 5) is 24.1. The molecule has 6 nitrogen and oxygen atoms in total. The van der Waals surface area contributed by atoms with Crippen LogP contribution in [-0.4, -0.2) is 35.1 Å². The van der Waals surface area contributed by atoms with E-state index < -0.39 is 11.8 Å². The van der Waals surface area contributed by atoms with Crippen molar-refractivity contribution in [2.24, 2.45) is 5.84 Å². The molecule has 0 aromatic heterocycles. The highest BCUT2D eigenvalue weighted by Crippen LogP contribution is 2.33. The minimum atomic E-state index is -0.507. The molecule has 1 aliphatic heterocycles. The third-order valence-electron chi connectivity index (χ3n) is 3.37. The first-order chi connectivity index (χ1) is 9.65. The number of anilines is 1. The van der Waals surface area contributed by atoms with E-state index in [0.29, 0.717) is 28.1 Å². The number of aliphatic hydroxyl groups is 1. The predicted molar refractivity (Wildman–Crippen MR) is 74.2 cm³/mol. The van der Waals surface area contributed by atoms with Gasteiger partial charge in [0.15, 0.2) is 0 Å². The lowest BCUT2D eigenvalue weighted by molar-refractivity contribution is 0.0610. The Hall–Kier alpha value is -2.44. The molecule has 0 unspecified atom stereocenters. The molecule has 0 atom stereocenters. The van der Waals surface area contributed by atoms with Gasteiger partial charge in [-0.3, -0.25) is 9.59 Å². The van der Waals surface area contributed by atoms with Crippen LogP contribution in [0.2, 0.25) is 0 Å². The van der Waals surface area contributed by atoms with Crippen LogP contribution in [0.4, 0.5) is 5.69 Å². The molecule has 4 N–H and O–H groups in total. The summed E-state index contributed by atoms with van der Waals surface area (Å²) < 4.78 is 0. The molecule has 3 rings (SSSR count). The zero-order valence-electron chi connectivity index (χ0n) is 10.6. The molecule has 102 valence electrons. The lowest BCUT2D eigenvalue weighted by Crippen LogP contribution is -2.45. The fraction of sp³-hybridized carbons (Fsp3) is 0.143. The molecule has 0 saturated carbocycles. The zero-order chi connectivity index (χ0) is 14.3. The second kappa shape index (κ2) is 4.59. The van der Waals surface area contributed by atoms with Gasteiger partial charge in [-0.1, -0.05) is 12.1 Å². The monoisotopic (exact) mass is 271 g/mol. The molecule has 0 radical (unpaired) electrons. The van der Waals surface area contributed by atoms with Gasteiger partial charge in [0.05, 0.1) is 17.7 Å². The molecule has 0 aliphatic carbocycles. The second-order valence-corrected chi connectivity index (χ2v) is 4.52. The van der Waals surface area contributed by atoms with Crippen LogP contribution in [-0.2, 0) is 0 Å². The zero-order valence-corrected chi connectivity index (χ0v) is 10.6. The first kappa shape index (κ1) is 12.6. The van der Waals surface area contributed by atoms with Gasteiger partial charge in [0.25, 0.3) is 11.8 Å². The van der Waals surface area contributed by atoms with Crippen molar-refractivity contribution < 1.29 is 14.7 Å². The Morgan fingerprint density at radius 2 is 1.80 bits per heavy atom. The quantitative estimate of drug-likeness (QED) is 0.434. The average Bonchev–Trinajstić information content (AvgIpc) is 2.48. The Morgan fingerprint density at radius 3 is 2.50 bits per heavy atom. The van der Waals surface area contributed by atoms with Crippen LogP contribution < -0.4 is 11.2 Å². The van der Waals surface area contributed by atoms with E-state index in [1.165, 1.54) is 0 Å². The maximum absolute atomic E-state index is 12.1. The summed E-state index contributed by atoms with van der Waals surface area (Å²) in [5.41, 5.74) is 1.59. The number of amides is 2. The molecule has 1 aliphatic rings. The molecule has 2 aromatic carbocycles. The van der Waals surface area contributed by atoms with Gasteiger partial charge in [0, 0.05) is 23.0 Å². The maximum Gasteiger partial charge on any atom is 0.275 e. The van der Waals surface area contributed by atoms with E-state index in [9.17, 15) is 9.59 Å². The van der Waals surface area contributed by atoms with E-state index in [-0.39, 0.29) is 6.61 Å². The van der Waals surface area contributed by atoms with Crippen molar-refractivity contribution in [1.82, 2.24) is 5.01 Å². The third-order valence-corrected chi connectivity index (χ3v) is 3.37. The van der Waals surface area contributed by atoms with Crippen molar-refractivity contribution in [3.63, 3.8) is 0 Å². The van der Waals surface area contributed by atoms with Crippen molar-refractivity contribution >= 4 is 28.3 Å². The molecule has 0 spiro atoms. The maximum atomic E-state index is 12.1. The Morgan fingerprint density at radius 1 is 1.10 bits per heavy atom. The minimum Gasteiger partial charge on any atom is -0.395 e. The van der Waals surface area contributed by atoms with Crippen molar-refractivity contribution in [3.8, 4) is 0 Å². The molecule has 2 amide bonds. The van der Waals surface area contributed by atoms with Crippen molar-refractivity contribution in [1.29, 1.82) is 0 Å². The van der Waals surface area contributed by atoms with E-state index in [1.54, 1.807) is 24.3 Å². The average molecular weight is 271 g/mol. The number of nitrogens with two attached hydrogens (primary N) is 1. The molecule has 6 heteroatoms. The van der Waals surface area contributed by atoms with Gasteiger partial charge in [-0.05, 0) is 18.2 Å². The van der Waals surface area contributed by atoms with Crippen molar-refractivity contribution in [3.05, 3.63) is 41.5 Å². The largest absolute Gasteiger partial charge is 0.395 e. The fourth-order valence-electron chi connectivity index (χ4n) is 2.46. The summed E-state index contributed by atoms with van der Waals surface area (Å²) >= 11 is 0. The van der Waals surface area contributed by atoms with Crippen LogP contribution in [0, 0.1) is 0 Å². The Balaban J connectivity index is 2.29. The lowest BCUT2D eigenvalue weighted by Gasteiger charge is -2.24. The summed E-state index contributed by atoms with van der Waals surface area (Å²) in [6, 6.07) is 8.61. The van der Waals surface area contributed by atoms with Crippen LogP contribution in [0.15, 0.2) is 30.3 Å². The topological polar surface area (TPSA) is 95.7 Å². The van der Waals surface area contributed by atoms with Gasteiger partial charge in [0.1, 0.15) is 0 Å². The van der Waals surface area contributed by atoms with E-state index >= 15 is 0 Å². The van der Waals surface area contributed by atoms with E-state index in [1.807, 2.05) is 6.07 Å². The van der Waals surface area contributed by atoms with Crippen LogP contribution in [0.5, 0.6) is 0 Å². The molecule has 20 heavy (non-hydrogen) atoms. The van der Waals surface area contributed by atoms with E-state index in [0.717, 1.165) is 11.1 Å². The number of nitrogens with zero attached hydrogens (tertiary/aromatic N) is 1. The summed E-state index contributed by atoms with van der Waals surface area (Å²) in [5.74, 6) is 4.50. The molecule has 1 heterocycles. The number of aliphatic hydroxyl groups excluding tert-OH is 1. The second-order valence-electron chi connectivity index (χ2n) is 4.52. The minimum absolute atomic E-state index is 0.00260. The molecule has 2 aromatic rings. The Bertz CT molecular complexity index is 705. The number of rotatable bonds is 3. The van der Waals surface area contributed by atoms with E-state index in [4.69, 9.17) is 10.9 Å². The Kier molecular flexibility index (Phi) is 2.89. The fourth-order valence-corrected chi connectivity index (χ4v) is 2.46. The first-order valence-electron chi connectivity index (χ1n) is 6.19. The van der Waals surface area contributed by atoms with Gasteiger partial charge < -0.3 is 10.4 Å². The van der Waals surface area contributed by atoms with Crippen LogP contribution >= 0.6 is 0 Å². The van der Waals surface area contributed by atoms with Gasteiger partial charge in [-0.15, -0.1) is 0 Å². The highest BCUT2D eigenvalue weighted by molar-refractivity contribution is 6.26. The number of benzene rings is 2. The van der Waals surface area contributed by atoms with E-state index in [2.05, 4.69) is 5.32 Å². The van der Waals surface area contributed by atoms with Crippen LogP contribution in [0.25, 0.3) is 10.8 Å².